The fourth-order valence-electron chi connectivity index (χ4n) is 1.34. The predicted octanol–water partition coefficient (Wildman–Crippen LogP) is 5.81. The van der Waals surface area contributed by atoms with Gasteiger partial charge in [0.05, 0.1) is 15.1 Å². The van der Waals surface area contributed by atoms with Crippen molar-refractivity contribution in [3.8, 4) is 0 Å². The number of halogens is 5. The number of hydrogen-bond donors (Lipinski definition) is 0. The zero-order valence-electron chi connectivity index (χ0n) is 11.8. The van der Waals surface area contributed by atoms with Gasteiger partial charge in [-0.15, -0.1) is 36.4 Å². The number of carbonyl (C=O) groups excluding carboxylic acids is 1. The molecule has 0 radical (unpaired) electrons. The Morgan fingerprint density at radius 2 is 1.59 bits per heavy atom. The Hall–Kier alpha value is -0.380. The average Bonchev–Trinajstić information content (AvgIpc) is 2.52. The summed E-state index contributed by atoms with van der Waals surface area (Å²) in [7, 11) is 0. The number of rotatable bonds is 6. The number of amides is 1. The van der Waals surface area contributed by atoms with Gasteiger partial charge in [0.1, 0.15) is 5.88 Å². The van der Waals surface area contributed by atoms with E-state index in [2.05, 4.69) is 13.2 Å². The molecule has 7 heteroatoms. The quantitative estimate of drug-likeness (QED) is 0.333. The van der Waals surface area contributed by atoms with Crippen LogP contribution in [0.5, 0.6) is 0 Å². The molecule has 0 N–H and O–H groups in total. The Morgan fingerprint density at radius 1 is 1.05 bits per heavy atom. The highest BCUT2D eigenvalue weighted by atomic mass is 35.5. The third-order valence-corrected chi connectivity index (χ3v) is 4.27. The Kier molecular flexibility index (Phi) is 11.9. The van der Waals surface area contributed by atoms with Crippen molar-refractivity contribution >= 4 is 63.9 Å². The van der Waals surface area contributed by atoms with Crippen LogP contribution in [-0.4, -0.2) is 29.8 Å². The lowest BCUT2D eigenvalue weighted by Crippen LogP contribution is -2.32. The Balaban J connectivity index is 0.000000401. The van der Waals surface area contributed by atoms with Gasteiger partial charge < -0.3 is 4.90 Å². The predicted molar refractivity (Wildman–Crippen MR) is 98.7 cm³/mol. The van der Waals surface area contributed by atoms with E-state index >= 15 is 0 Å². The molecule has 1 aromatic rings. The van der Waals surface area contributed by atoms with E-state index in [9.17, 15) is 4.79 Å². The van der Waals surface area contributed by atoms with Crippen LogP contribution < -0.4 is 0 Å². The second-order valence-corrected chi connectivity index (χ2v) is 5.68. The minimum Gasteiger partial charge on any atom is -0.334 e. The monoisotopic (exact) mass is 401 g/mol. The molecule has 1 rings (SSSR count). The van der Waals surface area contributed by atoms with Gasteiger partial charge in [0.15, 0.2) is 0 Å². The highest BCUT2D eigenvalue weighted by Gasteiger charge is 2.07. The summed E-state index contributed by atoms with van der Waals surface area (Å²) in [6.07, 6.45) is 3.32. The van der Waals surface area contributed by atoms with Crippen LogP contribution in [0.25, 0.3) is 0 Å². The maximum absolute atomic E-state index is 11.0. The summed E-state index contributed by atoms with van der Waals surface area (Å²) in [4.78, 5) is 12.6. The lowest BCUT2D eigenvalue weighted by molar-refractivity contribution is -0.127. The van der Waals surface area contributed by atoms with E-state index in [-0.39, 0.29) is 11.8 Å². The number of nitrogens with zero attached hydrogens (tertiary/aromatic N) is 1. The molecule has 2 nitrogen and oxygen atoms in total. The van der Waals surface area contributed by atoms with E-state index in [1.807, 2.05) is 0 Å². The first-order valence-corrected chi connectivity index (χ1v) is 8.37. The zero-order valence-corrected chi connectivity index (χ0v) is 15.6. The molecule has 0 aromatic heterocycles. The van der Waals surface area contributed by atoms with Gasteiger partial charge in [0.25, 0.3) is 0 Å². The Bertz CT molecular complexity index is 509. The first-order chi connectivity index (χ1) is 10.4. The summed E-state index contributed by atoms with van der Waals surface area (Å²) in [5, 5.41) is 1.26. The highest BCUT2D eigenvalue weighted by molar-refractivity contribution is 6.48. The molecular formula is C15H16Cl5NO. The van der Waals surface area contributed by atoms with Gasteiger partial charge in [-0.25, -0.2) is 0 Å². The summed E-state index contributed by atoms with van der Waals surface area (Å²) in [6, 6.07) is 3.43. The van der Waals surface area contributed by atoms with Crippen molar-refractivity contribution in [1.82, 2.24) is 4.90 Å². The number of benzene rings is 1. The average molecular weight is 404 g/mol. The smallest absolute Gasteiger partial charge is 0.238 e. The lowest BCUT2D eigenvalue weighted by Gasteiger charge is -2.17. The van der Waals surface area contributed by atoms with E-state index in [1.165, 1.54) is 0 Å². The molecule has 1 aromatic carbocycles. The maximum atomic E-state index is 11.0. The molecule has 0 aliphatic heterocycles. The van der Waals surface area contributed by atoms with Crippen LogP contribution in [0.4, 0.5) is 0 Å². The minimum atomic E-state index is -0.0912. The normalized spacial score (nSPS) is 9.50. The SMILES string of the molecule is C=CCN(CC=C)C(=O)CCl.ClCc1ccc(Cl)c(Cl)c1Cl. The molecule has 0 fully saturated rings. The minimum absolute atomic E-state index is 0.0156. The molecule has 0 saturated heterocycles. The fourth-order valence-corrected chi connectivity index (χ4v) is 2.43. The molecule has 0 heterocycles. The topological polar surface area (TPSA) is 20.3 Å². The van der Waals surface area contributed by atoms with Crippen molar-refractivity contribution in [2.24, 2.45) is 0 Å². The van der Waals surface area contributed by atoms with Crippen molar-refractivity contribution in [3.63, 3.8) is 0 Å². The standard InChI is InChI=1S/C8H12ClNO.C7H4Cl4/c1-3-5-10(6-4-2)8(11)7-9;8-3-4-1-2-5(9)7(11)6(4)10/h3-4H,1-2,5-7H2;1-2H,3H2. The van der Waals surface area contributed by atoms with E-state index in [0.29, 0.717) is 34.0 Å². The molecule has 0 spiro atoms. The first-order valence-electron chi connectivity index (χ1n) is 6.16. The summed E-state index contributed by atoms with van der Waals surface area (Å²) in [5.41, 5.74) is 0.794. The van der Waals surface area contributed by atoms with Crippen molar-refractivity contribution in [2.45, 2.75) is 5.88 Å². The third-order valence-electron chi connectivity index (χ3n) is 2.43. The van der Waals surface area contributed by atoms with Gasteiger partial charge in [-0.1, -0.05) is 53.0 Å². The largest absolute Gasteiger partial charge is 0.334 e. The van der Waals surface area contributed by atoms with Crippen LogP contribution in [0, 0.1) is 0 Å². The summed E-state index contributed by atoms with van der Waals surface area (Å²) in [6.45, 7) is 8.11. The van der Waals surface area contributed by atoms with E-state index in [0.717, 1.165) is 5.56 Å². The molecule has 0 unspecified atom stereocenters. The summed E-state index contributed by atoms with van der Waals surface area (Å²) >= 11 is 28.1. The summed E-state index contributed by atoms with van der Waals surface area (Å²) < 4.78 is 0. The molecule has 0 saturated carbocycles. The first kappa shape index (κ1) is 21.6. The Morgan fingerprint density at radius 3 is 2.00 bits per heavy atom. The molecule has 22 heavy (non-hydrogen) atoms. The molecule has 0 aliphatic rings. The molecule has 1 amide bonds. The second kappa shape index (κ2) is 12.1. The van der Waals surface area contributed by atoms with Gasteiger partial charge in [0, 0.05) is 19.0 Å². The van der Waals surface area contributed by atoms with Crippen LogP contribution in [0.3, 0.4) is 0 Å². The van der Waals surface area contributed by atoms with Gasteiger partial charge in [0.2, 0.25) is 5.91 Å². The van der Waals surface area contributed by atoms with Gasteiger partial charge in [-0.2, -0.15) is 0 Å². The van der Waals surface area contributed by atoms with Crippen LogP contribution in [0.15, 0.2) is 37.4 Å². The fraction of sp³-hybridized carbons (Fsp3) is 0.267. The van der Waals surface area contributed by atoms with Crippen LogP contribution >= 0.6 is 58.0 Å². The van der Waals surface area contributed by atoms with Crippen molar-refractivity contribution in [2.75, 3.05) is 19.0 Å². The van der Waals surface area contributed by atoms with Gasteiger partial charge >= 0.3 is 0 Å². The van der Waals surface area contributed by atoms with E-state index < -0.39 is 0 Å². The van der Waals surface area contributed by atoms with Crippen LogP contribution in [-0.2, 0) is 10.7 Å². The van der Waals surface area contributed by atoms with Crippen molar-refractivity contribution in [3.05, 3.63) is 58.1 Å². The molecule has 0 bridgehead atoms. The van der Waals surface area contributed by atoms with E-state index in [4.69, 9.17) is 58.0 Å². The van der Waals surface area contributed by atoms with E-state index in [1.54, 1.807) is 29.2 Å². The third kappa shape index (κ3) is 7.26. The van der Waals surface area contributed by atoms with Gasteiger partial charge in [-0.3, -0.25) is 4.79 Å². The number of hydrogen-bond acceptors (Lipinski definition) is 1. The maximum Gasteiger partial charge on any atom is 0.238 e. The van der Waals surface area contributed by atoms with Crippen LogP contribution in [0.2, 0.25) is 15.1 Å². The Labute approximate surface area is 156 Å². The molecular weight excluding hydrogens is 387 g/mol. The second-order valence-electron chi connectivity index (χ2n) is 3.98. The number of alkyl halides is 2. The van der Waals surface area contributed by atoms with Crippen LogP contribution in [0.1, 0.15) is 5.56 Å². The molecule has 122 valence electrons. The zero-order chi connectivity index (χ0) is 17.1. The van der Waals surface area contributed by atoms with Crippen molar-refractivity contribution < 1.29 is 4.79 Å². The van der Waals surface area contributed by atoms with Crippen molar-refractivity contribution in [1.29, 1.82) is 0 Å². The summed E-state index contributed by atoms with van der Waals surface area (Å²) in [5.74, 6) is 0.267. The lowest BCUT2D eigenvalue weighted by atomic mass is 10.2. The van der Waals surface area contributed by atoms with Gasteiger partial charge in [-0.05, 0) is 11.6 Å². The molecule has 0 aliphatic carbocycles. The number of carbonyl (C=O) groups is 1. The highest BCUT2D eigenvalue weighted by Crippen LogP contribution is 2.33. The molecule has 0 atom stereocenters.